The Hall–Kier alpha value is -2.19. The van der Waals surface area contributed by atoms with Crippen LogP contribution in [0.3, 0.4) is 0 Å². The topological polar surface area (TPSA) is 88.0 Å². The Kier molecular flexibility index (Phi) is 5.03. The van der Waals surface area contributed by atoms with E-state index in [1.807, 2.05) is 16.8 Å². The zero-order valence-corrected chi connectivity index (χ0v) is 15.2. The Labute approximate surface area is 156 Å². The molecule has 9 heteroatoms. The average Bonchev–Trinajstić information content (AvgIpc) is 3.33. The molecule has 2 aromatic heterocycles. The lowest BCUT2D eigenvalue weighted by Gasteiger charge is -2.22. The van der Waals surface area contributed by atoms with E-state index in [0.717, 1.165) is 44.7 Å². The van der Waals surface area contributed by atoms with Crippen LogP contribution in [0.25, 0.3) is 0 Å². The predicted octanol–water partition coefficient (Wildman–Crippen LogP) is 1.26. The first kappa shape index (κ1) is 17.2. The fourth-order valence-electron chi connectivity index (χ4n) is 3.57. The summed E-state index contributed by atoms with van der Waals surface area (Å²) in [5.74, 6) is 0.590. The van der Waals surface area contributed by atoms with Gasteiger partial charge in [0.2, 0.25) is 0 Å². The predicted molar refractivity (Wildman–Crippen MR) is 98.5 cm³/mol. The average molecular weight is 376 g/mol. The lowest BCUT2D eigenvalue weighted by atomic mass is 10.1. The molecule has 2 aliphatic heterocycles. The maximum atomic E-state index is 12.5. The molecule has 2 fully saturated rings. The van der Waals surface area contributed by atoms with Crippen LogP contribution in [0.4, 0.5) is 5.82 Å². The fourth-order valence-corrected chi connectivity index (χ4v) is 3.81. The highest BCUT2D eigenvalue weighted by atomic mass is 35.5. The third-order valence-corrected chi connectivity index (χ3v) is 5.28. The molecule has 0 radical (unpaired) electrons. The van der Waals surface area contributed by atoms with Crippen LogP contribution in [0.2, 0.25) is 5.02 Å². The van der Waals surface area contributed by atoms with E-state index in [1.54, 1.807) is 12.4 Å². The molecule has 26 heavy (non-hydrogen) atoms. The van der Waals surface area contributed by atoms with Crippen LogP contribution in [0.15, 0.2) is 24.5 Å². The molecule has 2 saturated heterocycles. The Bertz CT molecular complexity index is 774. The maximum Gasteiger partial charge on any atom is 0.273 e. The van der Waals surface area contributed by atoms with E-state index in [1.165, 1.54) is 0 Å². The number of hydrogen-bond acceptors (Lipinski definition) is 6. The van der Waals surface area contributed by atoms with Crippen LogP contribution in [-0.4, -0.2) is 58.1 Å². The van der Waals surface area contributed by atoms with Crippen molar-refractivity contribution in [3.63, 3.8) is 0 Å². The molecule has 2 N–H and O–H groups in total. The summed E-state index contributed by atoms with van der Waals surface area (Å²) >= 11 is 6.21. The molecular weight excluding hydrogens is 354 g/mol. The third-order valence-electron chi connectivity index (χ3n) is 4.99. The minimum Gasteiger partial charge on any atom is -0.353 e. The molecule has 4 heterocycles. The molecule has 0 aliphatic carbocycles. The summed E-state index contributed by atoms with van der Waals surface area (Å²) in [5, 5.41) is 15.2. The summed E-state index contributed by atoms with van der Waals surface area (Å²) in [6.45, 7) is 3.44. The maximum absolute atomic E-state index is 12.5. The lowest BCUT2D eigenvalue weighted by molar-refractivity contribution is 0.0935. The van der Waals surface area contributed by atoms with E-state index < -0.39 is 0 Å². The van der Waals surface area contributed by atoms with E-state index in [0.29, 0.717) is 23.3 Å². The number of pyridine rings is 1. The number of carbonyl (C=O) groups excluding carboxylic acids is 1. The summed E-state index contributed by atoms with van der Waals surface area (Å²) in [6, 6.07) is 4.00. The van der Waals surface area contributed by atoms with Crippen molar-refractivity contribution in [1.29, 1.82) is 0 Å². The second-order valence-electron chi connectivity index (χ2n) is 6.78. The molecule has 1 amide bonds. The van der Waals surface area contributed by atoms with Gasteiger partial charge in [-0.2, -0.15) is 0 Å². The van der Waals surface area contributed by atoms with Crippen molar-refractivity contribution in [2.45, 2.75) is 31.3 Å². The van der Waals surface area contributed by atoms with Crippen molar-refractivity contribution in [2.24, 2.45) is 0 Å². The van der Waals surface area contributed by atoms with Gasteiger partial charge in [0.25, 0.3) is 5.91 Å². The fraction of sp³-hybridized carbons (Fsp3) is 0.529. The van der Waals surface area contributed by atoms with Gasteiger partial charge in [-0.05, 0) is 44.5 Å². The van der Waals surface area contributed by atoms with Crippen molar-refractivity contribution in [1.82, 2.24) is 30.6 Å². The van der Waals surface area contributed by atoms with Gasteiger partial charge in [-0.25, -0.2) is 9.67 Å². The van der Waals surface area contributed by atoms with Gasteiger partial charge in [0.05, 0.1) is 17.3 Å². The van der Waals surface area contributed by atoms with Crippen LogP contribution in [0.1, 0.15) is 35.8 Å². The van der Waals surface area contributed by atoms with E-state index in [-0.39, 0.29) is 11.9 Å². The quantitative estimate of drug-likeness (QED) is 0.836. The van der Waals surface area contributed by atoms with Gasteiger partial charge < -0.3 is 15.5 Å². The lowest BCUT2D eigenvalue weighted by Crippen LogP contribution is -2.37. The molecule has 1 atom stereocenters. The Morgan fingerprint density at radius 2 is 2.15 bits per heavy atom. The third kappa shape index (κ3) is 3.66. The summed E-state index contributed by atoms with van der Waals surface area (Å²) in [4.78, 5) is 18.9. The van der Waals surface area contributed by atoms with Crippen molar-refractivity contribution in [2.75, 3.05) is 31.1 Å². The Morgan fingerprint density at radius 1 is 1.31 bits per heavy atom. The van der Waals surface area contributed by atoms with Gasteiger partial charge in [-0.15, -0.1) is 5.10 Å². The van der Waals surface area contributed by atoms with Crippen LogP contribution in [0.5, 0.6) is 0 Å². The van der Waals surface area contributed by atoms with Gasteiger partial charge in [0.1, 0.15) is 5.82 Å². The summed E-state index contributed by atoms with van der Waals surface area (Å²) < 4.78 is 1.82. The van der Waals surface area contributed by atoms with Crippen LogP contribution < -0.4 is 15.5 Å². The summed E-state index contributed by atoms with van der Waals surface area (Å²) in [6.07, 6.45) is 6.35. The Morgan fingerprint density at radius 3 is 2.96 bits per heavy atom. The molecule has 4 rings (SSSR count). The largest absolute Gasteiger partial charge is 0.353 e. The van der Waals surface area contributed by atoms with E-state index in [2.05, 4.69) is 30.8 Å². The number of anilines is 1. The zero-order chi connectivity index (χ0) is 17.9. The highest BCUT2D eigenvalue weighted by Crippen LogP contribution is 2.26. The van der Waals surface area contributed by atoms with Crippen molar-refractivity contribution in [3.05, 3.63) is 35.2 Å². The number of carbonyl (C=O) groups is 1. The number of hydrogen-bond donors (Lipinski definition) is 2. The molecule has 2 aliphatic rings. The smallest absolute Gasteiger partial charge is 0.273 e. The normalized spacial score (nSPS) is 21.1. The number of nitrogens with one attached hydrogen (secondary N) is 2. The summed E-state index contributed by atoms with van der Waals surface area (Å²) in [5.41, 5.74) is 0.373. The molecule has 0 spiro atoms. The van der Waals surface area contributed by atoms with Crippen molar-refractivity contribution in [3.8, 4) is 0 Å². The van der Waals surface area contributed by atoms with Gasteiger partial charge in [0, 0.05) is 25.3 Å². The number of aromatic nitrogens is 4. The van der Waals surface area contributed by atoms with Crippen molar-refractivity contribution >= 4 is 23.3 Å². The number of nitrogens with zero attached hydrogens (tertiary/aromatic N) is 5. The Balaban J connectivity index is 1.35. The molecular formula is C17H22ClN7O. The molecule has 0 bridgehead atoms. The van der Waals surface area contributed by atoms with Gasteiger partial charge in [0.15, 0.2) is 5.69 Å². The molecule has 0 aromatic carbocycles. The van der Waals surface area contributed by atoms with Crippen molar-refractivity contribution < 1.29 is 4.79 Å². The molecule has 1 unspecified atom stereocenters. The van der Waals surface area contributed by atoms with Gasteiger partial charge in [-0.1, -0.05) is 16.8 Å². The molecule has 0 saturated carbocycles. The van der Waals surface area contributed by atoms with Crippen LogP contribution >= 0.6 is 11.6 Å². The number of piperidine rings is 1. The van der Waals surface area contributed by atoms with Crippen LogP contribution in [0, 0.1) is 0 Å². The van der Waals surface area contributed by atoms with Crippen LogP contribution in [-0.2, 0) is 0 Å². The second-order valence-corrected chi connectivity index (χ2v) is 7.19. The highest BCUT2D eigenvalue weighted by Gasteiger charge is 2.27. The first-order valence-corrected chi connectivity index (χ1v) is 9.37. The number of halogens is 1. The molecule has 8 nitrogen and oxygen atoms in total. The standard InChI is InChI=1S/C17H22ClN7O/c18-14-2-1-6-20-16(14)24-9-5-12(10-24)21-17(26)15-11-25(23-22-15)13-3-7-19-8-4-13/h1-2,6,11-13,19H,3-5,7-10H2,(H,21,26). The summed E-state index contributed by atoms with van der Waals surface area (Å²) in [7, 11) is 0. The highest BCUT2D eigenvalue weighted by molar-refractivity contribution is 6.32. The first-order valence-electron chi connectivity index (χ1n) is 8.99. The SMILES string of the molecule is O=C(NC1CCN(c2ncccc2Cl)C1)c1cn(C2CCNCC2)nn1. The van der Waals surface area contributed by atoms with E-state index in [9.17, 15) is 4.79 Å². The van der Waals surface area contributed by atoms with E-state index in [4.69, 9.17) is 11.6 Å². The monoisotopic (exact) mass is 375 g/mol. The molecule has 2 aromatic rings. The minimum atomic E-state index is -0.177. The van der Waals surface area contributed by atoms with Gasteiger partial charge in [-0.3, -0.25) is 4.79 Å². The number of amides is 1. The first-order chi connectivity index (χ1) is 12.7. The molecule has 138 valence electrons. The second kappa shape index (κ2) is 7.59. The zero-order valence-electron chi connectivity index (χ0n) is 14.4. The minimum absolute atomic E-state index is 0.0459. The van der Waals surface area contributed by atoms with E-state index >= 15 is 0 Å². The number of rotatable bonds is 4. The van der Waals surface area contributed by atoms with Gasteiger partial charge >= 0.3 is 0 Å².